The van der Waals surface area contributed by atoms with E-state index in [4.69, 9.17) is 5.14 Å². The summed E-state index contributed by atoms with van der Waals surface area (Å²) in [5.41, 5.74) is 2.08. The maximum atomic E-state index is 12.4. The molecule has 0 heterocycles. The van der Waals surface area contributed by atoms with Crippen LogP contribution in [0.3, 0.4) is 0 Å². The van der Waals surface area contributed by atoms with Crippen molar-refractivity contribution >= 4 is 21.6 Å². The van der Waals surface area contributed by atoms with E-state index in [1.807, 2.05) is 13.8 Å². The average Bonchev–Trinajstić information content (AvgIpc) is 2.47. The van der Waals surface area contributed by atoms with Crippen LogP contribution in [0, 0.1) is 19.8 Å². The van der Waals surface area contributed by atoms with E-state index in [0.717, 1.165) is 17.7 Å². The number of carbonyl (C=O) groups excluding carboxylic acids is 1. The highest BCUT2D eigenvalue weighted by Crippen LogP contribution is 2.23. The first-order chi connectivity index (χ1) is 11.0. The summed E-state index contributed by atoms with van der Waals surface area (Å²) >= 11 is 0. The van der Waals surface area contributed by atoms with Crippen LogP contribution < -0.4 is 10.5 Å². The standard InChI is InChI=1S/C17H29N3O3S/c1-7-20(14(6)11(2)3)10-17(21)19-16-9-15(24(18,22)23)8-12(4)13(16)5/h8-9,11,14H,7,10H2,1-6H3,(H,19,21)(H2,18,22,23). The smallest absolute Gasteiger partial charge is 0.238 e. The van der Waals surface area contributed by atoms with Crippen molar-refractivity contribution in [2.75, 3.05) is 18.4 Å². The molecule has 7 heteroatoms. The number of nitrogens with one attached hydrogen (secondary N) is 1. The van der Waals surface area contributed by atoms with Gasteiger partial charge in [0.2, 0.25) is 15.9 Å². The second kappa shape index (κ2) is 8.09. The van der Waals surface area contributed by atoms with Gasteiger partial charge in [0, 0.05) is 11.7 Å². The molecular formula is C17H29N3O3S. The third kappa shape index (κ3) is 5.29. The van der Waals surface area contributed by atoms with Crippen molar-refractivity contribution < 1.29 is 13.2 Å². The molecule has 0 fully saturated rings. The van der Waals surface area contributed by atoms with Gasteiger partial charge >= 0.3 is 0 Å². The number of amides is 1. The number of primary sulfonamides is 1. The van der Waals surface area contributed by atoms with Crippen molar-refractivity contribution in [2.45, 2.75) is 52.5 Å². The van der Waals surface area contributed by atoms with Crippen molar-refractivity contribution in [3.8, 4) is 0 Å². The van der Waals surface area contributed by atoms with Gasteiger partial charge in [0.1, 0.15) is 0 Å². The molecule has 0 radical (unpaired) electrons. The zero-order valence-electron chi connectivity index (χ0n) is 15.4. The first kappa shape index (κ1) is 20.6. The van der Waals surface area contributed by atoms with Crippen LogP contribution in [-0.4, -0.2) is 38.4 Å². The Balaban J connectivity index is 3.00. The SMILES string of the molecule is CCN(CC(=O)Nc1cc(S(N)(=O)=O)cc(C)c1C)C(C)C(C)C. The molecule has 0 aromatic heterocycles. The Kier molecular flexibility index (Phi) is 6.95. The molecule has 0 aliphatic heterocycles. The second-order valence-electron chi connectivity index (χ2n) is 6.55. The van der Waals surface area contributed by atoms with Gasteiger partial charge in [-0.25, -0.2) is 13.6 Å². The minimum atomic E-state index is -3.81. The predicted molar refractivity (Wildman–Crippen MR) is 97.5 cm³/mol. The number of anilines is 1. The van der Waals surface area contributed by atoms with E-state index in [-0.39, 0.29) is 23.4 Å². The second-order valence-corrected chi connectivity index (χ2v) is 8.12. The van der Waals surface area contributed by atoms with Crippen molar-refractivity contribution in [1.29, 1.82) is 0 Å². The molecule has 1 atom stereocenters. The van der Waals surface area contributed by atoms with Gasteiger partial charge in [-0.15, -0.1) is 0 Å². The number of rotatable bonds is 7. The highest BCUT2D eigenvalue weighted by atomic mass is 32.2. The molecule has 3 N–H and O–H groups in total. The van der Waals surface area contributed by atoms with E-state index in [9.17, 15) is 13.2 Å². The minimum Gasteiger partial charge on any atom is -0.325 e. The molecule has 0 aliphatic rings. The van der Waals surface area contributed by atoms with E-state index >= 15 is 0 Å². The number of sulfonamides is 1. The van der Waals surface area contributed by atoms with Crippen molar-refractivity contribution in [1.82, 2.24) is 4.90 Å². The van der Waals surface area contributed by atoms with Crippen LogP contribution in [0.4, 0.5) is 5.69 Å². The van der Waals surface area contributed by atoms with E-state index in [1.165, 1.54) is 12.1 Å². The zero-order valence-corrected chi connectivity index (χ0v) is 16.2. The fourth-order valence-corrected chi connectivity index (χ4v) is 3.08. The summed E-state index contributed by atoms with van der Waals surface area (Å²) in [6.45, 7) is 13.0. The molecule has 6 nitrogen and oxygen atoms in total. The summed E-state index contributed by atoms with van der Waals surface area (Å²) in [6, 6.07) is 3.20. The average molecular weight is 356 g/mol. The molecule has 1 aromatic carbocycles. The Bertz CT molecular complexity index is 699. The Hall–Kier alpha value is -1.44. The third-order valence-corrected chi connectivity index (χ3v) is 5.43. The van der Waals surface area contributed by atoms with Crippen LogP contribution in [-0.2, 0) is 14.8 Å². The van der Waals surface area contributed by atoms with E-state index in [0.29, 0.717) is 11.6 Å². The van der Waals surface area contributed by atoms with Gasteiger partial charge in [-0.1, -0.05) is 20.8 Å². The molecule has 0 aliphatic carbocycles. The molecule has 1 amide bonds. The lowest BCUT2D eigenvalue weighted by Crippen LogP contribution is -2.41. The highest BCUT2D eigenvalue weighted by Gasteiger charge is 2.19. The van der Waals surface area contributed by atoms with Crippen LogP contribution in [0.1, 0.15) is 38.8 Å². The first-order valence-electron chi connectivity index (χ1n) is 8.15. The zero-order chi connectivity index (χ0) is 18.7. The van der Waals surface area contributed by atoms with Gasteiger partial charge in [-0.05, 0) is 56.5 Å². The summed E-state index contributed by atoms with van der Waals surface area (Å²) < 4.78 is 23.2. The summed E-state index contributed by atoms with van der Waals surface area (Å²) in [4.78, 5) is 14.5. The summed E-state index contributed by atoms with van der Waals surface area (Å²) in [5.74, 6) is 0.269. The van der Waals surface area contributed by atoms with Crippen molar-refractivity contribution in [2.24, 2.45) is 11.1 Å². The van der Waals surface area contributed by atoms with Gasteiger partial charge < -0.3 is 5.32 Å². The number of hydrogen-bond acceptors (Lipinski definition) is 4. The lowest BCUT2D eigenvalue weighted by atomic mass is 10.0. The van der Waals surface area contributed by atoms with Gasteiger partial charge in [0.15, 0.2) is 0 Å². The van der Waals surface area contributed by atoms with Crippen LogP contribution in [0.2, 0.25) is 0 Å². The van der Waals surface area contributed by atoms with Gasteiger partial charge in [-0.3, -0.25) is 9.69 Å². The Morgan fingerprint density at radius 2 is 1.83 bits per heavy atom. The predicted octanol–water partition coefficient (Wildman–Crippen LogP) is 2.26. The Labute approximate surface area is 145 Å². The Morgan fingerprint density at radius 3 is 2.29 bits per heavy atom. The summed E-state index contributed by atoms with van der Waals surface area (Å²) in [7, 11) is -3.81. The Morgan fingerprint density at radius 1 is 1.25 bits per heavy atom. The molecule has 1 aromatic rings. The number of likely N-dealkylation sites (N-methyl/N-ethyl adjacent to an activating group) is 1. The molecule has 1 unspecified atom stereocenters. The number of nitrogens with two attached hydrogens (primary N) is 1. The van der Waals surface area contributed by atoms with Crippen molar-refractivity contribution in [3.63, 3.8) is 0 Å². The monoisotopic (exact) mass is 355 g/mol. The molecule has 24 heavy (non-hydrogen) atoms. The number of nitrogens with zero attached hydrogens (tertiary/aromatic N) is 1. The first-order valence-corrected chi connectivity index (χ1v) is 9.70. The van der Waals surface area contributed by atoms with Crippen LogP contribution in [0.15, 0.2) is 17.0 Å². The normalized spacial score (nSPS) is 13.4. The van der Waals surface area contributed by atoms with Crippen molar-refractivity contribution in [3.05, 3.63) is 23.3 Å². The molecule has 0 bridgehead atoms. The lowest BCUT2D eigenvalue weighted by molar-refractivity contribution is -0.117. The lowest BCUT2D eigenvalue weighted by Gasteiger charge is -2.30. The van der Waals surface area contributed by atoms with E-state index < -0.39 is 10.0 Å². The fourth-order valence-electron chi connectivity index (χ4n) is 2.46. The molecule has 0 saturated heterocycles. The van der Waals surface area contributed by atoms with Crippen LogP contribution in [0.5, 0.6) is 0 Å². The minimum absolute atomic E-state index is 0.00351. The molecule has 0 spiro atoms. The van der Waals surface area contributed by atoms with Crippen LogP contribution >= 0.6 is 0 Å². The van der Waals surface area contributed by atoms with Gasteiger partial charge in [0.05, 0.1) is 11.4 Å². The molecule has 0 saturated carbocycles. The molecule has 1 rings (SSSR count). The van der Waals surface area contributed by atoms with Gasteiger partial charge in [0.25, 0.3) is 0 Å². The quantitative estimate of drug-likeness (QED) is 0.784. The third-order valence-electron chi connectivity index (χ3n) is 4.54. The number of hydrogen-bond donors (Lipinski definition) is 2. The van der Waals surface area contributed by atoms with Crippen LogP contribution in [0.25, 0.3) is 0 Å². The maximum absolute atomic E-state index is 12.4. The molecule has 136 valence electrons. The summed E-state index contributed by atoms with van der Waals surface area (Å²) in [6.07, 6.45) is 0. The number of aryl methyl sites for hydroxylation is 1. The van der Waals surface area contributed by atoms with Gasteiger partial charge in [-0.2, -0.15) is 0 Å². The number of carbonyl (C=O) groups is 1. The number of benzene rings is 1. The van der Waals surface area contributed by atoms with E-state index in [1.54, 1.807) is 6.92 Å². The largest absolute Gasteiger partial charge is 0.325 e. The topological polar surface area (TPSA) is 92.5 Å². The van der Waals surface area contributed by atoms with E-state index in [2.05, 4.69) is 31.0 Å². The fraction of sp³-hybridized carbons (Fsp3) is 0.588. The highest BCUT2D eigenvalue weighted by molar-refractivity contribution is 7.89. The summed E-state index contributed by atoms with van der Waals surface area (Å²) in [5, 5.41) is 8.02. The maximum Gasteiger partial charge on any atom is 0.238 e. The molecular weight excluding hydrogens is 326 g/mol.